The first kappa shape index (κ1) is 19.6. The van der Waals surface area contributed by atoms with Gasteiger partial charge in [0, 0.05) is 36.2 Å². The van der Waals surface area contributed by atoms with Crippen molar-refractivity contribution in [1.82, 2.24) is 15.2 Å². The first-order valence-corrected chi connectivity index (χ1v) is 9.97. The molecule has 0 aliphatic carbocycles. The van der Waals surface area contributed by atoms with E-state index in [0.29, 0.717) is 30.7 Å². The zero-order valence-electron chi connectivity index (χ0n) is 16.8. The van der Waals surface area contributed by atoms with Gasteiger partial charge in [0.05, 0.1) is 24.8 Å². The molecule has 0 bridgehead atoms. The second-order valence-electron chi connectivity index (χ2n) is 7.60. The Hall–Kier alpha value is -2.70. The average molecular weight is 395 g/mol. The predicted molar refractivity (Wildman–Crippen MR) is 112 cm³/mol. The van der Waals surface area contributed by atoms with E-state index in [2.05, 4.69) is 40.3 Å². The van der Waals surface area contributed by atoms with Crippen molar-refractivity contribution in [3.8, 4) is 0 Å². The van der Waals surface area contributed by atoms with Gasteiger partial charge in [-0.15, -0.1) is 0 Å². The van der Waals surface area contributed by atoms with Gasteiger partial charge in [-0.25, -0.2) is 4.39 Å². The molecular formula is C23H26FN3O2. The number of amides is 1. The second kappa shape index (κ2) is 8.35. The highest BCUT2D eigenvalue weighted by molar-refractivity contribution is 6.08. The van der Waals surface area contributed by atoms with Crippen LogP contribution in [0.25, 0.3) is 10.9 Å². The summed E-state index contributed by atoms with van der Waals surface area (Å²) in [5, 5.41) is 3.70. The number of fused-ring (bicyclic) bond motifs is 1. The summed E-state index contributed by atoms with van der Waals surface area (Å²) in [6, 6.07) is 12.9. The summed E-state index contributed by atoms with van der Waals surface area (Å²) >= 11 is 0. The summed E-state index contributed by atoms with van der Waals surface area (Å²) in [7, 11) is 0. The molecule has 3 aromatic rings. The number of aromatic amines is 1. The van der Waals surface area contributed by atoms with E-state index in [-0.39, 0.29) is 17.8 Å². The van der Waals surface area contributed by atoms with Crippen LogP contribution in [0.3, 0.4) is 0 Å². The Morgan fingerprint density at radius 1 is 1.21 bits per heavy atom. The number of rotatable bonds is 5. The topological polar surface area (TPSA) is 57.4 Å². The Labute approximate surface area is 169 Å². The van der Waals surface area contributed by atoms with Crippen LogP contribution in [-0.2, 0) is 4.74 Å². The summed E-state index contributed by atoms with van der Waals surface area (Å²) in [5.41, 5.74) is 4.37. The van der Waals surface area contributed by atoms with Crippen LogP contribution in [0.4, 0.5) is 4.39 Å². The highest BCUT2D eigenvalue weighted by atomic mass is 19.1. The lowest BCUT2D eigenvalue weighted by molar-refractivity contribution is 0.0162. The number of aromatic nitrogens is 1. The molecule has 2 aromatic carbocycles. The molecule has 0 spiro atoms. The van der Waals surface area contributed by atoms with Crippen LogP contribution < -0.4 is 5.32 Å². The number of morpholine rings is 1. The molecule has 152 valence electrons. The van der Waals surface area contributed by atoms with Crippen LogP contribution in [0, 0.1) is 19.7 Å². The molecule has 5 nitrogen and oxygen atoms in total. The summed E-state index contributed by atoms with van der Waals surface area (Å²) in [5.74, 6) is -0.540. The molecule has 1 aliphatic heterocycles. The number of hydrogen-bond acceptors (Lipinski definition) is 3. The second-order valence-corrected chi connectivity index (χ2v) is 7.60. The summed E-state index contributed by atoms with van der Waals surface area (Å²) in [6.45, 7) is 7.42. The fourth-order valence-electron chi connectivity index (χ4n) is 4.09. The van der Waals surface area contributed by atoms with E-state index in [9.17, 15) is 9.18 Å². The van der Waals surface area contributed by atoms with Crippen LogP contribution in [-0.4, -0.2) is 48.6 Å². The van der Waals surface area contributed by atoms with Crippen LogP contribution in [0.5, 0.6) is 0 Å². The minimum absolute atomic E-state index is 0.0602. The molecule has 1 atom stereocenters. The van der Waals surface area contributed by atoms with E-state index >= 15 is 0 Å². The van der Waals surface area contributed by atoms with Gasteiger partial charge in [0.15, 0.2) is 0 Å². The van der Waals surface area contributed by atoms with Gasteiger partial charge in [-0.3, -0.25) is 9.69 Å². The molecule has 1 aliphatic rings. The average Bonchev–Trinajstić information content (AvgIpc) is 3.04. The van der Waals surface area contributed by atoms with Crippen molar-refractivity contribution >= 4 is 16.8 Å². The van der Waals surface area contributed by atoms with Gasteiger partial charge in [-0.2, -0.15) is 0 Å². The summed E-state index contributed by atoms with van der Waals surface area (Å²) in [4.78, 5) is 18.6. The maximum atomic E-state index is 13.7. The van der Waals surface area contributed by atoms with E-state index in [1.54, 1.807) is 6.07 Å². The third kappa shape index (κ3) is 4.18. The van der Waals surface area contributed by atoms with E-state index in [4.69, 9.17) is 4.74 Å². The fourth-order valence-corrected chi connectivity index (χ4v) is 4.09. The van der Waals surface area contributed by atoms with Crippen molar-refractivity contribution in [1.29, 1.82) is 0 Å². The fraction of sp³-hybridized carbons (Fsp3) is 0.348. The monoisotopic (exact) mass is 395 g/mol. The summed E-state index contributed by atoms with van der Waals surface area (Å²) < 4.78 is 19.2. The molecule has 1 unspecified atom stereocenters. The quantitative estimate of drug-likeness (QED) is 0.692. The minimum Gasteiger partial charge on any atom is -0.379 e. The molecule has 29 heavy (non-hydrogen) atoms. The number of nitrogens with zero attached hydrogens (tertiary/aromatic N) is 1. The number of ether oxygens (including phenoxy) is 1. The van der Waals surface area contributed by atoms with Crippen molar-refractivity contribution < 1.29 is 13.9 Å². The van der Waals surface area contributed by atoms with Crippen molar-refractivity contribution in [2.45, 2.75) is 19.9 Å². The normalized spacial score (nSPS) is 16.1. The molecule has 1 aromatic heterocycles. The van der Waals surface area contributed by atoms with Gasteiger partial charge in [-0.05, 0) is 37.6 Å². The van der Waals surface area contributed by atoms with Crippen LogP contribution >= 0.6 is 0 Å². The van der Waals surface area contributed by atoms with E-state index in [0.717, 1.165) is 24.3 Å². The molecule has 6 heteroatoms. The van der Waals surface area contributed by atoms with E-state index in [1.807, 2.05) is 13.0 Å². The minimum atomic E-state index is -0.350. The highest BCUT2D eigenvalue weighted by Gasteiger charge is 2.24. The molecule has 2 N–H and O–H groups in total. The van der Waals surface area contributed by atoms with E-state index < -0.39 is 0 Å². The molecule has 2 heterocycles. The zero-order valence-corrected chi connectivity index (χ0v) is 16.8. The number of H-pyrrole nitrogens is 1. The maximum absolute atomic E-state index is 13.7. The molecule has 1 saturated heterocycles. The Balaban J connectivity index is 1.58. The molecule has 0 saturated carbocycles. The van der Waals surface area contributed by atoms with Gasteiger partial charge in [-0.1, -0.05) is 29.8 Å². The van der Waals surface area contributed by atoms with Crippen molar-refractivity contribution in [2.75, 3.05) is 32.8 Å². The first-order chi connectivity index (χ1) is 14.0. The molecule has 0 radical (unpaired) electrons. The van der Waals surface area contributed by atoms with Crippen molar-refractivity contribution in [2.24, 2.45) is 0 Å². The molecule has 1 fully saturated rings. The Kier molecular flexibility index (Phi) is 5.65. The zero-order chi connectivity index (χ0) is 20.4. The SMILES string of the molecule is Cc1cccc(C(CNC(=O)c2c(C)[nH]c3ccc(F)cc23)N2CCOCC2)c1. The maximum Gasteiger partial charge on any atom is 0.253 e. The predicted octanol–water partition coefficient (Wildman–Crippen LogP) is 3.73. The standard InChI is InChI=1S/C23H26FN3O2/c1-15-4-3-5-17(12-15)21(27-8-10-29-11-9-27)14-25-23(28)22-16(2)26-20-7-6-18(24)13-19(20)22/h3-7,12-13,21,26H,8-11,14H2,1-2H3,(H,25,28). The van der Waals surface area contributed by atoms with Crippen LogP contribution in [0.2, 0.25) is 0 Å². The number of nitrogens with one attached hydrogen (secondary N) is 2. The third-order valence-electron chi connectivity index (χ3n) is 5.54. The first-order valence-electron chi connectivity index (χ1n) is 9.97. The van der Waals surface area contributed by atoms with Crippen LogP contribution in [0.1, 0.15) is 33.2 Å². The molecular weight excluding hydrogens is 369 g/mol. The number of carbonyl (C=O) groups excluding carboxylic acids is 1. The summed E-state index contributed by atoms with van der Waals surface area (Å²) in [6.07, 6.45) is 0. The number of carbonyl (C=O) groups is 1. The van der Waals surface area contributed by atoms with E-state index in [1.165, 1.54) is 23.3 Å². The smallest absolute Gasteiger partial charge is 0.253 e. The van der Waals surface area contributed by atoms with Crippen LogP contribution in [0.15, 0.2) is 42.5 Å². The Morgan fingerprint density at radius 2 is 2.00 bits per heavy atom. The van der Waals surface area contributed by atoms with Gasteiger partial charge < -0.3 is 15.0 Å². The van der Waals surface area contributed by atoms with Gasteiger partial charge >= 0.3 is 0 Å². The van der Waals surface area contributed by atoms with Gasteiger partial charge in [0.2, 0.25) is 0 Å². The van der Waals surface area contributed by atoms with Gasteiger partial charge in [0.25, 0.3) is 5.91 Å². The van der Waals surface area contributed by atoms with Gasteiger partial charge in [0.1, 0.15) is 5.82 Å². The van der Waals surface area contributed by atoms with Crippen molar-refractivity contribution in [3.05, 3.63) is 70.7 Å². The Bertz CT molecular complexity index is 1020. The lowest BCUT2D eigenvalue weighted by atomic mass is 10.0. The van der Waals surface area contributed by atoms with Crippen molar-refractivity contribution in [3.63, 3.8) is 0 Å². The lowest BCUT2D eigenvalue weighted by Gasteiger charge is -2.35. The number of halogens is 1. The number of benzene rings is 2. The number of hydrogen-bond donors (Lipinski definition) is 2. The largest absolute Gasteiger partial charge is 0.379 e. The Morgan fingerprint density at radius 3 is 2.76 bits per heavy atom. The third-order valence-corrected chi connectivity index (χ3v) is 5.54. The molecule has 1 amide bonds. The molecule has 4 rings (SSSR count). The number of aryl methyl sites for hydroxylation is 2. The lowest BCUT2D eigenvalue weighted by Crippen LogP contribution is -2.43. The highest BCUT2D eigenvalue weighted by Crippen LogP contribution is 2.25.